The number of anilines is 1. The number of fused-ring (bicyclic) bond motifs is 3. The number of rotatable bonds is 2. The van der Waals surface area contributed by atoms with Crippen molar-refractivity contribution in [1.29, 1.82) is 0 Å². The lowest BCUT2D eigenvalue weighted by atomic mass is 10.0. The first kappa shape index (κ1) is 13.0. The van der Waals surface area contributed by atoms with Gasteiger partial charge in [0.05, 0.1) is 11.0 Å². The molecule has 108 valence electrons. The molecule has 2 heteroatoms. The third kappa shape index (κ3) is 1.96. The molecule has 0 N–H and O–H groups in total. The SMILES string of the molecule is CN(C)c1ccc(-c2cc3ccccc3n3cccc23)cc1. The Kier molecular flexibility index (Phi) is 2.90. The maximum atomic E-state index is 2.29. The molecule has 0 unspecified atom stereocenters. The monoisotopic (exact) mass is 286 g/mol. The number of nitrogens with zero attached hydrogens (tertiary/aromatic N) is 2. The summed E-state index contributed by atoms with van der Waals surface area (Å²) in [6, 6.07) is 23.8. The molecule has 2 aromatic heterocycles. The van der Waals surface area contributed by atoms with Gasteiger partial charge in [-0.3, -0.25) is 0 Å². The predicted octanol–water partition coefficient (Wildman–Crippen LogP) is 4.83. The van der Waals surface area contributed by atoms with Crippen molar-refractivity contribution in [3.8, 4) is 11.1 Å². The normalized spacial score (nSPS) is 11.2. The van der Waals surface area contributed by atoms with E-state index in [1.165, 1.54) is 33.2 Å². The quantitative estimate of drug-likeness (QED) is 0.512. The average Bonchev–Trinajstić information content (AvgIpc) is 3.04. The first-order chi connectivity index (χ1) is 10.7. The molecule has 0 spiro atoms. The molecule has 2 aromatic carbocycles. The third-order valence-corrected chi connectivity index (χ3v) is 4.22. The molecule has 2 heterocycles. The van der Waals surface area contributed by atoms with Crippen LogP contribution in [-0.2, 0) is 0 Å². The molecule has 0 saturated carbocycles. The fourth-order valence-electron chi connectivity index (χ4n) is 3.04. The Morgan fingerprint density at radius 1 is 0.773 bits per heavy atom. The molecule has 4 aromatic rings. The summed E-state index contributed by atoms with van der Waals surface area (Å²) in [4.78, 5) is 2.12. The van der Waals surface area contributed by atoms with E-state index in [4.69, 9.17) is 0 Å². The molecule has 22 heavy (non-hydrogen) atoms. The Morgan fingerprint density at radius 3 is 2.27 bits per heavy atom. The zero-order valence-electron chi connectivity index (χ0n) is 12.8. The maximum Gasteiger partial charge on any atom is 0.0534 e. The predicted molar refractivity (Wildman–Crippen MR) is 94.7 cm³/mol. The highest BCUT2D eigenvalue weighted by Crippen LogP contribution is 2.31. The third-order valence-electron chi connectivity index (χ3n) is 4.22. The number of aromatic nitrogens is 1. The van der Waals surface area contributed by atoms with Gasteiger partial charge in [-0.15, -0.1) is 0 Å². The first-order valence-electron chi connectivity index (χ1n) is 7.50. The van der Waals surface area contributed by atoms with Gasteiger partial charge in [-0.25, -0.2) is 0 Å². The van der Waals surface area contributed by atoms with Crippen LogP contribution < -0.4 is 4.90 Å². The summed E-state index contributed by atoms with van der Waals surface area (Å²) in [5, 5.41) is 1.26. The van der Waals surface area contributed by atoms with Gasteiger partial charge in [0.25, 0.3) is 0 Å². The van der Waals surface area contributed by atoms with Crippen molar-refractivity contribution in [3.05, 3.63) is 72.9 Å². The van der Waals surface area contributed by atoms with Crippen LogP contribution >= 0.6 is 0 Å². The van der Waals surface area contributed by atoms with Crippen LogP contribution in [0.15, 0.2) is 72.9 Å². The molecule has 0 aliphatic rings. The summed E-state index contributed by atoms with van der Waals surface area (Å²) in [5.41, 5.74) is 6.23. The summed E-state index contributed by atoms with van der Waals surface area (Å²) in [5.74, 6) is 0. The van der Waals surface area contributed by atoms with Crippen LogP contribution in [0.2, 0.25) is 0 Å². The zero-order chi connectivity index (χ0) is 15.1. The van der Waals surface area contributed by atoms with Crippen LogP contribution in [0.25, 0.3) is 27.5 Å². The number of benzene rings is 2. The lowest BCUT2D eigenvalue weighted by molar-refractivity contribution is 1.13. The van der Waals surface area contributed by atoms with Crippen molar-refractivity contribution in [3.63, 3.8) is 0 Å². The first-order valence-corrected chi connectivity index (χ1v) is 7.50. The minimum absolute atomic E-state index is 1.22. The second kappa shape index (κ2) is 4.92. The van der Waals surface area contributed by atoms with Crippen LogP contribution in [0.3, 0.4) is 0 Å². The van der Waals surface area contributed by atoms with E-state index in [0.29, 0.717) is 0 Å². The largest absolute Gasteiger partial charge is 0.378 e. The van der Waals surface area contributed by atoms with Crippen LogP contribution in [0.1, 0.15) is 0 Å². The molecule has 0 amide bonds. The molecule has 0 bridgehead atoms. The molecule has 0 saturated heterocycles. The molecule has 4 rings (SSSR count). The Hall–Kier alpha value is -2.74. The van der Waals surface area contributed by atoms with Gasteiger partial charge in [-0.2, -0.15) is 0 Å². The topological polar surface area (TPSA) is 7.65 Å². The van der Waals surface area contributed by atoms with Crippen molar-refractivity contribution in [1.82, 2.24) is 4.40 Å². The summed E-state index contributed by atoms with van der Waals surface area (Å²) in [6.45, 7) is 0. The molecule has 2 nitrogen and oxygen atoms in total. The second-order valence-corrected chi connectivity index (χ2v) is 5.82. The van der Waals surface area contributed by atoms with Gasteiger partial charge in [-0.1, -0.05) is 30.3 Å². The number of hydrogen-bond acceptors (Lipinski definition) is 1. The van der Waals surface area contributed by atoms with E-state index >= 15 is 0 Å². The van der Waals surface area contributed by atoms with Gasteiger partial charge >= 0.3 is 0 Å². The average molecular weight is 286 g/mol. The number of hydrogen-bond donors (Lipinski definition) is 0. The molecule has 0 radical (unpaired) electrons. The Labute approximate surface area is 130 Å². The van der Waals surface area contributed by atoms with Crippen molar-refractivity contribution < 1.29 is 0 Å². The minimum Gasteiger partial charge on any atom is -0.378 e. The van der Waals surface area contributed by atoms with Crippen molar-refractivity contribution in [2.45, 2.75) is 0 Å². The maximum absolute atomic E-state index is 2.29. The number of para-hydroxylation sites is 1. The van der Waals surface area contributed by atoms with E-state index in [0.717, 1.165) is 0 Å². The Morgan fingerprint density at radius 2 is 1.50 bits per heavy atom. The molecule has 0 aliphatic heterocycles. The Bertz CT molecular complexity index is 946. The summed E-state index contributed by atoms with van der Waals surface area (Å²) >= 11 is 0. The highest BCUT2D eigenvalue weighted by molar-refractivity contribution is 5.93. The van der Waals surface area contributed by atoms with E-state index in [2.05, 4.69) is 96.3 Å². The summed E-state index contributed by atoms with van der Waals surface area (Å²) in [6.07, 6.45) is 2.13. The van der Waals surface area contributed by atoms with E-state index in [-0.39, 0.29) is 0 Å². The van der Waals surface area contributed by atoms with E-state index in [9.17, 15) is 0 Å². The van der Waals surface area contributed by atoms with Gasteiger partial charge in [-0.05, 0) is 47.3 Å². The fraction of sp³-hybridized carbons (Fsp3) is 0.100. The minimum atomic E-state index is 1.22. The Balaban J connectivity index is 1.98. The smallest absolute Gasteiger partial charge is 0.0534 e. The summed E-state index contributed by atoms with van der Waals surface area (Å²) in [7, 11) is 4.13. The van der Waals surface area contributed by atoms with Crippen LogP contribution in [0.5, 0.6) is 0 Å². The van der Waals surface area contributed by atoms with E-state index in [1.807, 2.05) is 0 Å². The van der Waals surface area contributed by atoms with E-state index in [1.54, 1.807) is 0 Å². The van der Waals surface area contributed by atoms with Gasteiger partial charge < -0.3 is 9.30 Å². The van der Waals surface area contributed by atoms with Gasteiger partial charge in [0.1, 0.15) is 0 Å². The van der Waals surface area contributed by atoms with Gasteiger partial charge in [0, 0.05) is 31.5 Å². The van der Waals surface area contributed by atoms with Crippen LogP contribution in [0.4, 0.5) is 5.69 Å². The van der Waals surface area contributed by atoms with Crippen LogP contribution in [0, 0.1) is 0 Å². The molecular weight excluding hydrogens is 268 g/mol. The molecular formula is C20H18N2. The molecule has 0 aliphatic carbocycles. The zero-order valence-corrected chi connectivity index (χ0v) is 12.8. The standard InChI is InChI=1S/C20H18N2/c1-21(2)17-11-9-15(10-12-17)18-14-16-6-3-4-7-19(16)22-13-5-8-20(18)22/h3-14H,1-2H3. The van der Waals surface area contributed by atoms with Crippen molar-refractivity contribution >= 4 is 22.1 Å². The highest BCUT2D eigenvalue weighted by atomic mass is 15.1. The van der Waals surface area contributed by atoms with Crippen molar-refractivity contribution in [2.24, 2.45) is 0 Å². The van der Waals surface area contributed by atoms with E-state index < -0.39 is 0 Å². The second-order valence-electron chi connectivity index (χ2n) is 5.82. The van der Waals surface area contributed by atoms with Gasteiger partial charge in [0.15, 0.2) is 0 Å². The van der Waals surface area contributed by atoms with Crippen LogP contribution in [-0.4, -0.2) is 18.5 Å². The fourth-order valence-corrected chi connectivity index (χ4v) is 3.04. The lowest BCUT2D eigenvalue weighted by Gasteiger charge is -2.14. The lowest BCUT2D eigenvalue weighted by Crippen LogP contribution is -2.07. The molecule has 0 fully saturated rings. The molecule has 0 atom stereocenters. The van der Waals surface area contributed by atoms with Gasteiger partial charge in [0.2, 0.25) is 0 Å². The highest BCUT2D eigenvalue weighted by Gasteiger charge is 2.08. The van der Waals surface area contributed by atoms with Crippen molar-refractivity contribution in [2.75, 3.05) is 19.0 Å². The number of pyridine rings is 1. The summed E-state index contributed by atoms with van der Waals surface area (Å²) < 4.78 is 2.27.